The van der Waals surface area contributed by atoms with Gasteiger partial charge in [0.2, 0.25) is 0 Å². The number of rotatable bonds is 7. The van der Waals surface area contributed by atoms with Gasteiger partial charge < -0.3 is 19.5 Å². The molecule has 7 nitrogen and oxygen atoms in total. The first-order valence-corrected chi connectivity index (χ1v) is 10.4. The molecule has 33 heavy (non-hydrogen) atoms. The zero-order valence-electron chi connectivity index (χ0n) is 18.2. The molecule has 0 fully saturated rings. The zero-order valence-corrected chi connectivity index (χ0v) is 18.2. The molecule has 0 bridgehead atoms. The van der Waals surface area contributed by atoms with Crippen molar-refractivity contribution in [3.05, 3.63) is 91.3 Å². The lowest BCUT2D eigenvalue weighted by atomic mass is 10.1. The van der Waals surface area contributed by atoms with E-state index in [0.717, 1.165) is 34.1 Å². The normalized spacial score (nSPS) is 10.7. The van der Waals surface area contributed by atoms with Gasteiger partial charge >= 0.3 is 0 Å². The molecule has 0 spiro atoms. The topological polar surface area (TPSA) is 69.9 Å². The first kappa shape index (κ1) is 20.4. The SMILES string of the molecule is COc1ccc(-c2cnn3ccc(Nc4ccc(Oc5ccccc5)cc4)nc23)c(OC)c1. The van der Waals surface area contributed by atoms with Crippen molar-refractivity contribution in [2.24, 2.45) is 0 Å². The van der Waals surface area contributed by atoms with E-state index in [9.17, 15) is 0 Å². The van der Waals surface area contributed by atoms with E-state index in [1.807, 2.05) is 85.1 Å². The number of nitrogens with zero attached hydrogens (tertiary/aromatic N) is 3. The summed E-state index contributed by atoms with van der Waals surface area (Å²) in [7, 11) is 3.26. The Hall–Kier alpha value is -4.52. The van der Waals surface area contributed by atoms with Crippen molar-refractivity contribution in [1.82, 2.24) is 14.6 Å². The Kier molecular flexibility index (Phi) is 5.51. The Balaban J connectivity index is 1.40. The summed E-state index contributed by atoms with van der Waals surface area (Å²) in [6.07, 6.45) is 3.66. The van der Waals surface area contributed by atoms with E-state index < -0.39 is 0 Å². The van der Waals surface area contributed by atoms with E-state index in [1.54, 1.807) is 24.9 Å². The lowest BCUT2D eigenvalue weighted by Crippen LogP contribution is -1.98. The molecule has 0 aliphatic rings. The summed E-state index contributed by atoms with van der Waals surface area (Å²) >= 11 is 0. The standard InChI is InChI=1S/C26H22N4O3/c1-31-21-12-13-22(24(16-21)32-2)23-17-27-30-15-14-25(29-26(23)30)28-18-8-10-20(11-9-18)33-19-6-4-3-5-7-19/h3-17H,1-2H3,(H,28,29). The molecule has 0 saturated carbocycles. The van der Waals surface area contributed by atoms with E-state index in [1.165, 1.54) is 0 Å². The third-order valence-corrected chi connectivity index (χ3v) is 5.17. The van der Waals surface area contributed by atoms with Crippen LogP contribution < -0.4 is 19.5 Å². The second kappa shape index (κ2) is 8.92. The van der Waals surface area contributed by atoms with Gasteiger partial charge in [-0.3, -0.25) is 0 Å². The number of nitrogens with one attached hydrogen (secondary N) is 1. The molecule has 0 aliphatic carbocycles. The summed E-state index contributed by atoms with van der Waals surface area (Å²) in [6, 6.07) is 25.0. The molecule has 164 valence electrons. The van der Waals surface area contributed by atoms with Crippen LogP contribution in [0.1, 0.15) is 0 Å². The second-order valence-electron chi connectivity index (χ2n) is 7.27. The van der Waals surface area contributed by atoms with Crippen LogP contribution in [-0.2, 0) is 0 Å². The number of fused-ring (bicyclic) bond motifs is 1. The smallest absolute Gasteiger partial charge is 0.165 e. The van der Waals surface area contributed by atoms with Crippen molar-refractivity contribution in [1.29, 1.82) is 0 Å². The molecule has 5 rings (SSSR count). The Morgan fingerprint density at radius 1 is 0.758 bits per heavy atom. The minimum absolute atomic E-state index is 0.693. The largest absolute Gasteiger partial charge is 0.497 e. The van der Waals surface area contributed by atoms with Crippen molar-refractivity contribution in [2.75, 3.05) is 19.5 Å². The molecule has 5 aromatic rings. The van der Waals surface area contributed by atoms with Crippen molar-refractivity contribution in [3.8, 4) is 34.1 Å². The Bertz CT molecular complexity index is 1380. The average Bonchev–Trinajstić information content (AvgIpc) is 3.28. The Morgan fingerprint density at radius 2 is 1.52 bits per heavy atom. The van der Waals surface area contributed by atoms with Gasteiger partial charge in [0.05, 0.1) is 26.0 Å². The van der Waals surface area contributed by atoms with Crippen molar-refractivity contribution >= 4 is 17.2 Å². The molecule has 2 aromatic heterocycles. The molecule has 0 aliphatic heterocycles. The Labute approximate surface area is 191 Å². The van der Waals surface area contributed by atoms with Gasteiger partial charge in [0, 0.05) is 23.5 Å². The molecule has 7 heteroatoms. The summed E-state index contributed by atoms with van der Waals surface area (Å²) in [6.45, 7) is 0. The summed E-state index contributed by atoms with van der Waals surface area (Å²) < 4.78 is 18.5. The van der Waals surface area contributed by atoms with E-state index in [-0.39, 0.29) is 0 Å². The van der Waals surface area contributed by atoms with Gasteiger partial charge in [0.15, 0.2) is 5.65 Å². The lowest BCUT2D eigenvalue weighted by Gasteiger charge is -2.10. The fourth-order valence-corrected chi connectivity index (χ4v) is 3.53. The maximum atomic E-state index is 5.86. The van der Waals surface area contributed by atoms with Crippen LogP contribution in [-0.4, -0.2) is 28.8 Å². The van der Waals surface area contributed by atoms with Gasteiger partial charge in [-0.15, -0.1) is 0 Å². The minimum Gasteiger partial charge on any atom is -0.497 e. The van der Waals surface area contributed by atoms with Crippen LogP contribution in [0.2, 0.25) is 0 Å². The van der Waals surface area contributed by atoms with Crippen LogP contribution >= 0.6 is 0 Å². The first-order chi connectivity index (χ1) is 16.2. The number of methoxy groups -OCH3 is 2. The highest BCUT2D eigenvalue weighted by Gasteiger charge is 2.14. The van der Waals surface area contributed by atoms with E-state index in [0.29, 0.717) is 17.2 Å². The first-order valence-electron chi connectivity index (χ1n) is 10.4. The fourth-order valence-electron chi connectivity index (χ4n) is 3.53. The van der Waals surface area contributed by atoms with Crippen LogP contribution in [0.25, 0.3) is 16.8 Å². The van der Waals surface area contributed by atoms with Gasteiger partial charge in [-0.2, -0.15) is 5.10 Å². The molecule has 0 radical (unpaired) electrons. The Morgan fingerprint density at radius 3 is 2.27 bits per heavy atom. The zero-order chi connectivity index (χ0) is 22.6. The molecular weight excluding hydrogens is 416 g/mol. The third-order valence-electron chi connectivity index (χ3n) is 5.17. The van der Waals surface area contributed by atoms with Crippen LogP contribution in [0.15, 0.2) is 91.3 Å². The van der Waals surface area contributed by atoms with Crippen LogP contribution in [0.5, 0.6) is 23.0 Å². The van der Waals surface area contributed by atoms with Crippen molar-refractivity contribution < 1.29 is 14.2 Å². The fraction of sp³-hybridized carbons (Fsp3) is 0.0769. The molecule has 0 unspecified atom stereocenters. The maximum Gasteiger partial charge on any atom is 0.165 e. The number of para-hydroxylation sites is 1. The van der Waals surface area contributed by atoms with E-state index in [4.69, 9.17) is 19.2 Å². The molecular formula is C26H22N4O3. The number of anilines is 2. The van der Waals surface area contributed by atoms with Crippen molar-refractivity contribution in [2.45, 2.75) is 0 Å². The quantitative estimate of drug-likeness (QED) is 0.339. The predicted octanol–water partition coefficient (Wildman–Crippen LogP) is 5.95. The van der Waals surface area contributed by atoms with Gasteiger partial charge in [-0.25, -0.2) is 9.50 Å². The molecule has 0 atom stereocenters. The van der Waals surface area contributed by atoms with Gasteiger partial charge in [-0.1, -0.05) is 18.2 Å². The number of ether oxygens (including phenoxy) is 3. The summed E-state index contributed by atoms with van der Waals surface area (Å²) in [5, 5.41) is 7.78. The highest BCUT2D eigenvalue weighted by molar-refractivity contribution is 5.82. The summed E-state index contributed by atoms with van der Waals surface area (Å²) in [5.41, 5.74) is 3.37. The van der Waals surface area contributed by atoms with Gasteiger partial charge in [-0.05, 0) is 54.6 Å². The van der Waals surface area contributed by atoms with E-state index >= 15 is 0 Å². The van der Waals surface area contributed by atoms with Crippen LogP contribution in [0.3, 0.4) is 0 Å². The molecule has 2 heterocycles. The van der Waals surface area contributed by atoms with Crippen LogP contribution in [0, 0.1) is 0 Å². The third kappa shape index (κ3) is 4.29. The molecule has 0 amide bonds. The molecule has 1 N–H and O–H groups in total. The minimum atomic E-state index is 0.693. The monoisotopic (exact) mass is 438 g/mol. The highest BCUT2D eigenvalue weighted by atomic mass is 16.5. The van der Waals surface area contributed by atoms with Gasteiger partial charge in [0.25, 0.3) is 0 Å². The number of hydrogen-bond donors (Lipinski definition) is 1. The maximum absolute atomic E-state index is 5.86. The predicted molar refractivity (Wildman–Crippen MR) is 128 cm³/mol. The molecule has 3 aromatic carbocycles. The average molecular weight is 438 g/mol. The number of benzene rings is 3. The van der Waals surface area contributed by atoms with Crippen molar-refractivity contribution in [3.63, 3.8) is 0 Å². The summed E-state index contributed by atoms with van der Waals surface area (Å²) in [4.78, 5) is 4.79. The number of aromatic nitrogens is 3. The lowest BCUT2D eigenvalue weighted by molar-refractivity contribution is 0.395. The van der Waals surface area contributed by atoms with E-state index in [2.05, 4.69) is 10.4 Å². The summed E-state index contributed by atoms with van der Waals surface area (Å²) in [5.74, 6) is 3.68. The second-order valence-corrected chi connectivity index (χ2v) is 7.27. The van der Waals surface area contributed by atoms with Gasteiger partial charge in [0.1, 0.15) is 28.8 Å². The molecule has 0 saturated heterocycles. The van der Waals surface area contributed by atoms with Crippen LogP contribution in [0.4, 0.5) is 11.5 Å². The highest BCUT2D eigenvalue weighted by Crippen LogP contribution is 2.35. The number of hydrogen-bond acceptors (Lipinski definition) is 6.